The molecule has 0 atom stereocenters. The first-order valence-electron chi connectivity index (χ1n) is 22.5. The molecule has 1 N–H and O–H groups in total. The van der Waals surface area contributed by atoms with Crippen LogP contribution in [0.4, 0.5) is 26.3 Å². The van der Waals surface area contributed by atoms with E-state index in [4.69, 9.17) is 53.3 Å². The molecule has 0 heterocycles. The molecule has 23 heteroatoms. The summed E-state index contributed by atoms with van der Waals surface area (Å²) in [5.41, 5.74) is -3.87. The third-order valence-corrected chi connectivity index (χ3v) is 40.1. The molecule has 3 rings (SSSR count). The fourth-order valence-corrected chi connectivity index (χ4v) is 29.8. The molecule has 0 aliphatic rings. The first-order chi connectivity index (χ1) is 32.0. The van der Waals surface area contributed by atoms with Gasteiger partial charge in [-0.15, -0.1) is 34.8 Å². The van der Waals surface area contributed by atoms with Gasteiger partial charge in [0.25, 0.3) is 0 Å². The van der Waals surface area contributed by atoms with Crippen LogP contribution >= 0.6 is 98.5 Å². The molecule has 0 spiro atoms. The lowest BCUT2D eigenvalue weighted by Crippen LogP contribution is -2.61. The Balaban J connectivity index is 0. The van der Waals surface area contributed by atoms with Crippen molar-refractivity contribution < 1.29 is 53.2 Å². The van der Waals surface area contributed by atoms with E-state index in [0.29, 0.717) is 42.2 Å². The number of ether oxygens (including phenoxy) is 2. The second-order valence-corrected chi connectivity index (χ2v) is 47.6. The fraction of sp³-hybridized carbons (Fsp3) is 0.633. The van der Waals surface area contributed by atoms with Gasteiger partial charge in [-0.1, -0.05) is 141 Å². The van der Waals surface area contributed by atoms with Gasteiger partial charge < -0.3 is 18.5 Å². The van der Waals surface area contributed by atoms with Crippen molar-refractivity contribution >= 4 is 133 Å². The zero-order valence-electron chi connectivity index (χ0n) is 45.0. The van der Waals surface area contributed by atoms with E-state index in [1.54, 1.807) is 53.7 Å². The summed E-state index contributed by atoms with van der Waals surface area (Å²) in [7, 11) is -12.7. The highest BCUT2D eigenvalue weighted by molar-refractivity contribution is 9.11. The molecule has 0 aliphatic carbocycles. The highest BCUT2D eigenvalue weighted by Crippen LogP contribution is 2.55. The molecule has 418 valence electrons. The first kappa shape index (κ1) is 74.1. The SMILES string of the molecule is CC(C)(C)[Si](C)(OS(=O)(=O)C(F)(F)F)C(C)(C)C.CC(C)(C)[Si](CCl)(CCl)C(C)(C)C.CC(C)(C)[Si](COc1ccc(F)cc1Br)(COc1ccc(F)cc1Br)C(C)(C)C.ClCBr.Oc1ccc(F)cc1Br. The number of rotatable bonds is 10. The second-order valence-electron chi connectivity index (χ2n) is 23.4. The van der Waals surface area contributed by atoms with Crippen molar-refractivity contribution in [3.63, 3.8) is 0 Å². The van der Waals surface area contributed by atoms with Gasteiger partial charge in [0, 0.05) is 11.0 Å². The second kappa shape index (κ2) is 28.7. The first-order valence-corrected chi connectivity index (χ1v) is 36.3. The van der Waals surface area contributed by atoms with Crippen molar-refractivity contribution in [3.05, 3.63) is 85.5 Å². The summed E-state index contributed by atoms with van der Waals surface area (Å²) in [5.74, 6) is 0.281. The standard InChI is InChI=1S/C22H28Br2F2O2Si.C10H22Cl2Si.C10H21F3O3SSi.C6H4BrFO.CH2BrCl/c1-21(2,3)29(22(4,5)6,13-27-19-9-7-15(25)11-17(19)23)14-28-20-10-8-16(26)12-18(20)24;1-9(2,3)13(7-11,8-12)10(4,5)6;1-8(2,3)18(7,9(4,5)6)16-17(14,15)10(11,12)13;7-5-3-4(8)1-2-6(5)9;2-1-3/h7-12H,13-14H2,1-6H3;7-8H2,1-6H3;1-7H3;1-3,9H;1H2. The van der Waals surface area contributed by atoms with E-state index in [1.807, 2.05) is 0 Å². The monoisotopic (exact) mass is 1410 g/mol. The summed E-state index contributed by atoms with van der Waals surface area (Å²) < 4.78 is 118. The summed E-state index contributed by atoms with van der Waals surface area (Å²) in [5, 5.41) is 7.97. The summed E-state index contributed by atoms with van der Waals surface area (Å²) in [6.45, 7) is 38.7. The predicted molar refractivity (Wildman–Crippen MR) is 314 cm³/mol. The summed E-state index contributed by atoms with van der Waals surface area (Å²) >= 11 is 29.9. The topological polar surface area (TPSA) is 82.1 Å². The normalized spacial score (nSPS) is 13.2. The van der Waals surface area contributed by atoms with E-state index in [-0.39, 0.29) is 43.4 Å². The molecule has 0 saturated heterocycles. The van der Waals surface area contributed by atoms with Crippen LogP contribution in [0.3, 0.4) is 0 Å². The van der Waals surface area contributed by atoms with E-state index >= 15 is 0 Å². The average molecular weight is 1420 g/mol. The van der Waals surface area contributed by atoms with Crippen LogP contribution in [0.25, 0.3) is 0 Å². The van der Waals surface area contributed by atoms with E-state index < -0.39 is 50.2 Å². The van der Waals surface area contributed by atoms with Crippen molar-refractivity contribution in [3.8, 4) is 17.2 Å². The average Bonchev–Trinajstić information content (AvgIpc) is 3.16. The lowest BCUT2D eigenvalue weighted by Gasteiger charge is -2.50. The number of alkyl halides is 7. The molecule has 3 aromatic rings. The van der Waals surface area contributed by atoms with Crippen LogP contribution in [0.1, 0.15) is 125 Å². The zero-order valence-corrected chi connectivity index (χ0v) is 57.5. The Morgan fingerprint density at radius 1 is 0.528 bits per heavy atom. The van der Waals surface area contributed by atoms with Crippen LogP contribution < -0.4 is 9.47 Å². The highest BCUT2D eigenvalue weighted by Gasteiger charge is 2.60. The maximum atomic E-state index is 13.4. The number of benzene rings is 3. The molecule has 6 nitrogen and oxygen atoms in total. The van der Waals surface area contributed by atoms with Crippen LogP contribution in [0.2, 0.25) is 36.8 Å². The molecule has 0 unspecified atom stereocenters. The van der Waals surface area contributed by atoms with E-state index in [0.717, 1.165) is 11.0 Å². The molecular formula is C49H77Br4Cl3F6O6SSi3. The number of halogens is 13. The van der Waals surface area contributed by atoms with Gasteiger partial charge >= 0.3 is 15.6 Å². The van der Waals surface area contributed by atoms with Crippen molar-refractivity contribution in [1.82, 2.24) is 0 Å². The Morgan fingerprint density at radius 2 is 0.806 bits per heavy atom. The lowest BCUT2D eigenvalue weighted by molar-refractivity contribution is -0.0506. The lowest BCUT2D eigenvalue weighted by atomic mass is 10.2. The van der Waals surface area contributed by atoms with Crippen LogP contribution in [0.15, 0.2) is 68.0 Å². The third-order valence-electron chi connectivity index (χ3n) is 13.3. The fourth-order valence-electron chi connectivity index (χ4n) is 7.70. The number of hydrogen-bond donors (Lipinski definition) is 1. The van der Waals surface area contributed by atoms with Gasteiger partial charge in [-0.05, 0) is 139 Å². The predicted octanol–water partition coefficient (Wildman–Crippen LogP) is 20.6. The molecule has 0 saturated carbocycles. The largest absolute Gasteiger partial charge is 0.522 e. The van der Waals surface area contributed by atoms with Gasteiger partial charge in [-0.3, -0.25) is 0 Å². The minimum atomic E-state index is -5.56. The van der Waals surface area contributed by atoms with E-state index in [1.165, 1.54) is 49.0 Å². The number of phenols is 1. The quantitative estimate of drug-likeness (QED) is 0.0943. The summed E-state index contributed by atoms with van der Waals surface area (Å²) in [4.78, 5) is 0.535. The maximum absolute atomic E-state index is 13.4. The van der Waals surface area contributed by atoms with Gasteiger partial charge in [-0.2, -0.15) is 21.6 Å². The minimum absolute atomic E-state index is 0.0513. The van der Waals surface area contributed by atoms with E-state index in [2.05, 4.69) is 147 Å². The molecule has 0 aliphatic heterocycles. The van der Waals surface area contributed by atoms with Gasteiger partial charge in [0.2, 0.25) is 8.32 Å². The Hall–Kier alpha value is -0.00935. The molecule has 0 radical (unpaired) electrons. The minimum Gasteiger partial charge on any atom is -0.507 e. The van der Waals surface area contributed by atoms with Crippen molar-refractivity contribution in [2.45, 2.75) is 167 Å². The summed E-state index contributed by atoms with van der Waals surface area (Å²) in [6, 6.07) is 12.6. The Labute approximate surface area is 479 Å². The van der Waals surface area contributed by atoms with Crippen LogP contribution in [-0.4, -0.2) is 71.8 Å². The van der Waals surface area contributed by atoms with Gasteiger partial charge in [0.05, 0.1) is 38.7 Å². The maximum Gasteiger partial charge on any atom is 0.522 e. The Morgan fingerprint density at radius 3 is 1.00 bits per heavy atom. The molecule has 0 bridgehead atoms. The van der Waals surface area contributed by atoms with Gasteiger partial charge in [0.15, 0.2) is 8.07 Å². The van der Waals surface area contributed by atoms with Crippen LogP contribution in [-0.2, 0) is 14.0 Å². The van der Waals surface area contributed by atoms with Crippen LogP contribution in [0.5, 0.6) is 17.2 Å². The number of aromatic hydroxyl groups is 1. The smallest absolute Gasteiger partial charge is 0.507 e. The molecule has 0 amide bonds. The Kier molecular flexibility index (Phi) is 29.6. The van der Waals surface area contributed by atoms with Crippen LogP contribution in [0, 0.1) is 17.5 Å². The van der Waals surface area contributed by atoms with Crippen molar-refractivity contribution in [2.24, 2.45) is 0 Å². The molecule has 72 heavy (non-hydrogen) atoms. The molecule has 0 fully saturated rings. The highest BCUT2D eigenvalue weighted by atomic mass is 79.9. The molecular weight excluding hydrogens is 1340 g/mol. The van der Waals surface area contributed by atoms with E-state index in [9.17, 15) is 34.8 Å². The molecule has 3 aromatic carbocycles. The van der Waals surface area contributed by atoms with Crippen molar-refractivity contribution in [2.75, 3.05) is 28.3 Å². The number of phenolic OH excluding ortho intramolecular Hbond substituents is 1. The summed E-state index contributed by atoms with van der Waals surface area (Å²) in [6.07, 6.45) is 1.01. The van der Waals surface area contributed by atoms with Gasteiger partial charge in [-0.25, -0.2) is 13.2 Å². The van der Waals surface area contributed by atoms with Gasteiger partial charge in [0.1, 0.15) is 34.7 Å². The third kappa shape index (κ3) is 21.0. The number of hydrogen-bond acceptors (Lipinski definition) is 6. The molecule has 0 aromatic heterocycles. The Bertz CT molecular complexity index is 2160. The zero-order chi connectivity index (χ0) is 57.7. The van der Waals surface area contributed by atoms with Crippen molar-refractivity contribution in [1.29, 1.82) is 0 Å².